The summed E-state index contributed by atoms with van der Waals surface area (Å²) < 4.78 is 15.7. The van der Waals surface area contributed by atoms with Crippen molar-refractivity contribution >= 4 is 5.91 Å². The van der Waals surface area contributed by atoms with E-state index in [4.69, 9.17) is 13.8 Å². The van der Waals surface area contributed by atoms with E-state index in [0.29, 0.717) is 17.2 Å². The summed E-state index contributed by atoms with van der Waals surface area (Å²) >= 11 is 0. The lowest BCUT2D eigenvalue weighted by Crippen LogP contribution is -2.22. The fraction of sp³-hybridized carbons (Fsp3) is 0.0952. The maximum absolute atomic E-state index is 12.3. The molecule has 0 aliphatic rings. The van der Waals surface area contributed by atoms with Crippen molar-refractivity contribution in [3.8, 4) is 28.3 Å². The second kappa shape index (κ2) is 7.79. The van der Waals surface area contributed by atoms with Crippen LogP contribution >= 0.6 is 0 Å². The molecule has 0 unspecified atom stereocenters. The van der Waals surface area contributed by atoms with Gasteiger partial charge in [-0.05, 0) is 24.3 Å². The fourth-order valence-electron chi connectivity index (χ4n) is 2.67. The Bertz CT molecular complexity index is 1070. The quantitative estimate of drug-likeness (QED) is 0.549. The number of methoxy groups -OCH3 is 1. The van der Waals surface area contributed by atoms with E-state index >= 15 is 0 Å². The number of carbonyl (C=O) groups is 1. The Morgan fingerprint density at radius 3 is 2.50 bits per heavy atom. The van der Waals surface area contributed by atoms with Crippen molar-refractivity contribution in [2.24, 2.45) is 0 Å². The maximum atomic E-state index is 12.3. The summed E-state index contributed by atoms with van der Waals surface area (Å²) in [5.74, 6) is 1.43. The maximum Gasteiger partial charge on any atom is 0.273 e. The van der Waals surface area contributed by atoms with Crippen LogP contribution in [0.3, 0.4) is 0 Å². The number of nitrogens with one attached hydrogen (secondary N) is 1. The first kappa shape index (κ1) is 17.5. The number of amides is 1. The average molecular weight is 375 g/mol. The van der Waals surface area contributed by atoms with Gasteiger partial charge < -0.3 is 19.1 Å². The van der Waals surface area contributed by atoms with Crippen LogP contribution in [0, 0.1) is 0 Å². The molecule has 7 nitrogen and oxygen atoms in total. The second-order valence-corrected chi connectivity index (χ2v) is 6.03. The van der Waals surface area contributed by atoms with Gasteiger partial charge in [-0.3, -0.25) is 4.79 Å². The molecule has 4 rings (SSSR count). The Morgan fingerprint density at radius 2 is 1.75 bits per heavy atom. The van der Waals surface area contributed by atoms with Crippen LogP contribution in [0.5, 0.6) is 5.75 Å². The Balaban J connectivity index is 1.39. The van der Waals surface area contributed by atoms with Crippen molar-refractivity contribution < 1.29 is 18.6 Å². The molecule has 140 valence electrons. The van der Waals surface area contributed by atoms with Crippen molar-refractivity contribution in [2.75, 3.05) is 7.11 Å². The highest BCUT2D eigenvalue weighted by Gasteiger charge is 2.15. The highest BCUT2D eigenvalue weighted by molar-refractivity contribution is 5.93. The topological polar surface area (TPSA) is 90.4 Å². The summed E-state index contributed by atoms with van der Waals surface area (Å²) in [6.07, 6.45) is 0. The predicted molar refractivity (Wildman–Crippen MR) is 102 cm³/mol. The number of rotatable bonds is 6. The SMILES string of the molecule is COc1ccc(-c2cc(C(=O)NCc3cc(-c4ccccc4)no3)no2)cc1. The summed E-state index contributed by atoms with van der Waals surface area (Å²) in [4.78, 5) is 12.3. The summed E-state index contributed by atoms with van der Waals surface area (Å²) in [5, 5.41) is 10.6. The molecule has 0 saturated carbocycles. The molecule has 1 amide bonds. The molecular weight excluding hydrogens is 358 g/mol. The molecule has 0 bridgehead atoms. The van der Waals surface area contributed by atoms with E-state index in [2.05, 4.69) is 15.6 Å². The minimum absolute atomic E-state index is 0.189. The molecule has 0 aliphatic heterocycles. The molecule has 2 aromatic carbocycles. The smallest absolute Gasteiger partial charge is 0.273 e. The molecule has 0 radical (unpaired) electrons. The van der Waals surface area contributed by atoms with Crippen LogP contribution in [0.1, 0.15) is 16.2 Å². The third kappa shape index (κ3) is 3.78. The Kier molecular flexibility index (Phi) is 4.88. The van der Waals surface area contributed by atoms with Crippen LogP contribution in [0.25, 0.3) is 22.6 Å². The standard InChI is InChI=1S/C21H17N3O4/c1-26-16-9-7-15(8-10-16)20-12-19(24-28-20)21(25)22-13-17-11-18(23-27-17)14-5-3-2-4-6-14/h2-12H,13H2,1H3,(H,22,25). The number of carbonyl (C=O) groups excluding carboxylic acids is 1. The normalized spacial score (nSPS) is 10.6. The van der Waals surface area contributed by atoms with Crippen LogP contribution in [0.4, 0.5) is 0 Å². The molecule has 2 aromatic heterocycles. The summed E-state index contributed by atoms with van der Waals surface area (Å²) in [6, 6.07) is 20.3. The second-order valence-electron chi connectivity index (χ2n) is 6.03. The van der Waals surface area contributed by atoms with Gasteiger partial charge in [0.15, 0.2) is 17.2 Å². The molecular formula is C21H17N3O4. The van der Waals surface area contributed by atoms with Gasteiger partial charge >= 0.3 is 0 Å². The third-order valence-electron chi connectivity index (χ3n) is 4.17. The van der Waals surface area contributed by atoms with E-state index < -0.39 is 0 Å². The predicted octanol–water partition coefficient (Wildman–Crippen LogP) is 3.94. The Morgan fingerprint density at radius 1 is 0.964 bits per heavy atom. The highest BCUT2D eigenvalue weighted by Crippen LogP contribution is 2.23. The number of nitrogens with zero attached hydrogens (tertiary/aromatic N) is 2. The van der Waals surface area contributed by atoms with Crippen LogP contribution < -0.4 is 10.1 Å². The van der Waals surface area contributed by atoms with Crippen LogP contribution in [0.2, 0.25) is 0 Å². The van der Waals surface area contributed by atoms with Crippen LogP contribution in [-0.4, -0.2) is 23.3 Å². The first-order valence-electron chi connectivity index (χ1n) is 8.63. The zero-order chi connectivity index (χ0) is 19.3. The Labute approximate surface area is 160 Å². The van der Waals surface area contributed by atoms with Crippen molar-refractivity contribution in [1.29, 1.82) is 0 Å². The van der Waals surface area contributed by atoms with E-state index in [1.807, 2.05) is 54.6 Å². The van der Waals surface area contributed by atoms with Crippen molar-refractivity contribution in [3.05, 3.63) is 78.2 Å². The van der Waals surface area contributed by atoms with Gasteiger partial charge in [0.05, 0.1) is 13.7 Å². The molecule has 0 spiro atoms. The molecule has 0 fully saturated rings. The van der Waals surface area contributed by atoms with E-state index in [1.54, 1.807) is 19.2 Å². The van der Waals surface area contributed by atoms with E-state index in [0.717, 1.165) is 16.9 Å². The lowest BCUT2D eigenvalue weighted by Gasteiger charge is -1.99. The van der Waals surface area contributed by atoms with Crippen molar-refractivity contribution in [1.82, 2.24) is 15.6 Å². The molecule has 0 saturated heterocycles. The third-order valence-corrected chi connectivity index (χ3v) is 4.17. The molecule has 28 heavy (non-hydrogen) atoms. The lowest BCUT2D eigenvalue weighted by atomic mass is 10.1. The zero-order valence-corrected chi connectivity index (χ0v) is 15.1. The average Bonchev–Trinajstić information content (AvgIpc) is 3.43. The number of hydrogen-bond acceptors (Lipinski definition) is 6. The van der Waals surface area contributed by atoms with Gasteiger partial charge in [0.25, 0.3) is 5.91 Å². The summed E-state index contributed by atoms with van der Waals surface area (Å²) in [7, 11) is 1.60. The molecule has 4 aromatic rings. The van der Waals surface area contributed by atoms with Gasteiger partial charge in [-0.1, -0.05) is 40.6 Å². The van der Waals surface area contributed by atoms with Gasteiger partial charge in [-0.2, -0.15) is 0 Å². The zero-order valence-electron chi connectivity index (χ0n) is 15.1. The van der Waals surface area contributed by atoms with Gasteiger partial charge in [-0.15, -0.1) is 0 Å². The minimum atomic E-state index is -0.360. The largest absolute Gasteiger partial charge is 0.497 e. The number of benzene rings is 2. The lowest BCUT2D eigenvalue weighted by molar-refractivity contribution is 0.0938. The summed E-state index contributed by atoms with van der Waals surface area (Å²) in [6.45, 7) is 0.198. The summed E-state index contributed by atoms with van der Waals surface area (Å²) in [5.41, 5.74) is 2.65. The fourth-order valence-corrected chi connectivity index (χ4v) is 2.67. The van der Waals surface area contributed by atoms with Gasteiger partial charge in [0, 0.05) is 23.3 Å². The highest BCUT2D eigenvalue weighted by atomic mass is 16.5. The number of ether oxygens (including phenoxy) is 1. The van der Waals surface area contributed by atoms with E-state index in [9.17, 15) is 4.79 Å². The van der Waals surface area contributed by atoms with Crippen LogP contribution in [0.15, 0.2) is 75.8 Å². The van der Waals surface area contributed by atoms with Crippen molar-refractivity contribution in [2.45, 2.75) is 6.54 Å². The van der Waals surface area contributed by atoms with Gasteiger partial charge in [0.1, 0.15) is 11.4 Å². The first-order chi connectivity index (χ1) is 13.7. The van der Waals surface area contributed by atoms with Crippen LogP contribution in [-0.2, 0) is 6.54 Å². The van der Waals surface area contributed by atoms with Crippen molar-refractivity contribution in [3.63, 3.8) is 0 Å². The monoisotopic (exact) mass is 375 g/mol. The molecule has 7 heteroatoms. The minimum Gasteiger partial charge on any atom is -0.497 e. The number of hydrogen-bond donors (Lipinski definition) is 1. The molecule has 2 heterocycles. The Hall–Kier alpha value is -3.87. The van der Waals surface area contributed by atoms with Gasteiger partial charge in [0.2, 0.25) is 0 Å². The van der Waals surface area contributed by atoms with E-state index in [-0.39, 0.29) is 18.1 Å². The molecule has 1 N–H and O–H groups in total. The van der Waals surface area contributed by atoms with Gasteiger partial charge in [-0.25, -0.2) is 0 Å². The molecule has 0 atom stereocenters. The first-order valence-corrected chi connectivity index (χ1v) is 8.63. The number of aromatic nitrogens is 2. The van der Waals surface area contributed by atoms with E-state index in [1.165, 1.54) is 0 Å². The molecule has 0 aliphatic carbocycles.